The highest BCUT2D eigenvalue weighted by Crippen LogP contribution is 2.13. The molecule has 0 fully saturated rings. The number of carboxylic acids is 1. The van der Waals surface area contributed by atoms with Crippen molar-refractivity contribution in [2.45, 2.75) is 180 Å². The van der Waals surface area contributed by atoms with Crippen molar-refractivity contribution in [1.29, 1.82) is 0 Å². The van der Waals surface area contributed by atoms with E-state index in [0.717, 1.165) is 64.2 Å². The topological polar surface area (TPSA) is 111 Å². The van der Waals surface area contributed by atoms with Gasteiger partial charge in [-0.25, -0.2) is 0 Å². The van der Waals surface area contributed by atoms with E-state index < -0.39 is 24.3 Å². The van der Waals surface area contributed by atoms with Crippen LogP contribution in [0.3, 0.4) is 0 Å². The van der Waals surface area contributed by atoms with E-state index in [1.807, 2.05) is 21.1 Å². The second kappa shape index (κ2) is 34.8. The first-order valence-electron chi connectivity index (χ1n) is 20.5. The number of unbranched alkanes of at least 4 members (excludes halogenated alkanes) is 18. The second-order valence-electron chi connectivity index (χ2n) is 14.9. The number of carbonyl (C=O) groups excluding carboxylic acids is 3. The summed E-state index contributed by atoms with van der Waals surface area (Å²) in [5, 5.41) is 11.6. The number of allylic oxidation sites excluding steroid dienone is 4. The van der Waals surface area contributed by atoms with E-state index in [2.05, 4.69) is 38.2 Å². The van der Waals surface area contributed by atoms with Crippen LogP contribution in [0.25, 0.3) is 0 Å². The van der Waals surface area contributed by atoms with Gasteiger partial charge in [0, 0.05) is 12.8 Å². The van der Waals surface area contributed by atoms with Gasteiger partial charge >= 0.3 is 11.9 Å². The van der Waals surface area contributed by atoms with E-state index in [1.165, 1.54) is 70.6 Å². The zero-order valence-electron chi connectivity index (χ0n) is 33.5. The summed E-state index contributed by atoms with van der Waals surface area (Å²) < 4.78 is 22.3. The first kappa shape index (κ1) is 48.8. The highest BCUT2D eigenvalue weighted by molar-refractivity contribution is 5.70. The standard InChI is InChI=1S/C42H77NO8/c1-6-8-10-12-13-14-15-16-17-18-19-20-21-22-23-24-25-26-27-29-31-33-40(45)51-38(36-49-39(44)32-30-28-11-9-7-2)37-50-42(41(46)47)48-35-34-43(3,4)5/h15-16,18-19,38,42H,6-14,17,20-37H2,1-5H3/b16-15-,19-18-. The number of likely N-dealkylation sites (N-methyl/N-ethyl adjacent to an activating group) is 1. The first-order chi connectivity index (χ1) is 24.6. The molecule has 0 saturated carbocycles. The van der Waals surface area contributed by atoms with Gasteiger partial charge in [-0.2, -0.15) is 0 Å². The minimum Gasteiger partial charge on any atom is -0.545 e. The lowest BCUT2D eigenvalue weighted by Gasteiger charge is -2.26. The average Bonchev–Trinajstić information content (AvgIpc) is 3.08. The van der Waals surface area contributed by atoms with E-state index in [0.29, 0.717) is 17.4 Å². The quantitative estimate of drug-likeness (QED) is 0.0206. The van der Waals surface area contributed by atoms with Gasteiger partial charge in [0.1, 0.15) is 13.2 Å². The molecule has 2 unspecified atom stereocenters. The van der Waals surface area contributed by atoms with Gasteiger partial charge in [-0.15, -0.1) is 0 Å². The fourth-order valence-corrected chi connectivity index (χ4v) is 5.45. The van der Waals surface area contributed by atoms with Gasteiger partial charge in [-0.1, -0.05) is 134 Å². The maximum absolute atomic E-state index is 12.6. The van der Waals surface area contributed by atoms with Crippen molar-refractivity contribution >= 4 is 17.9 Å². The molecule has 0 aromatic rings. The minimum absolute atomic E-state index is 0.148. The molecule has 0 heterocycles. The van der Waals surface area contributed by atoms with Crippen LogP contribution in [0, 0.1) is 0 Å². The predicted molar refractivity (Wildman–Crippen MR) is 205 cm³/mol. The largest absolute Gasteiger partial charge is 0.545 e. The molecule has 0 aliphatic heterocycles. The zero-order chi connectivity index (χ0) is 37.8. The van der Waals surface area contributed by atoms with Crippen LogP contribution in [-0.4, -0.2) is 82.3 Å². The first-order valence-corrected chi connectivity index (χ1v) is 20.5. The molecule has 9 nitrogen and oxygen atoms in total. The number of carbonyl (C=O) groups is 3. The number of aliphatic carboxylic acids is 1. The molecule has 0 aliphatic carbocycles. The van der Waals surface area contributed by atoms with Crippen molar-refractivity contribution in [2.24, 2.45) is 0 Å². The molecule has 9 heteroatoms. The molecule has 0 radical (unpaired) electrons. The Bertz CT molecular complexity index is 898. The van der Waals surface area contributed by atoms with E-state index in [1.54, 1.807) is 0 Å². The average molecular weight is 724 g/mol. The molecule has 2 atom stereocenters. The van der Waals surface area contributed by atoms with Crippen molar-refractivity contribution < 1.29 is 42.9 Å². The lowest BCUT2D eigenvalue weighted by atomic mass is 10.1. The number of rotatable bonds is 37. The molecule has 0 bridgehead atoms. The molecular formula is C42H77NO8. The van der Waals surface area contributed by atoms with Gasteiger partial charge in [-0.3, -0.25) is 9.59 Å². The van der Waals surface area contributed by atoms with E-state index in [9.17, 15) is 19.5 Å². The molecule has 0 aromatic heterocycles. The Labute approximate surface area is 312 Å². The normalized spacial score (nSPS) is 13.2. The molecular weight excluding hydrogens is 646 g/mol. The van der Waals surface area contributed by atoms with Crippen LogP contribution in [0.4, 0.5) is 0 Å². The number of ether oxygens (including phenoxy) is 4. The summed E-state index contributed by atoms with van der Waals surface area (Å²) >= 11 is 0. The van der Waals surface area contributed by atoms with Crippen LogP contribution < -0.4 is 5.11 Å². The van der Waals surface area contributed by atoms with Crippen LogP contribution in [0.2, 0.25) is 0 Å². The van der Waals surface area contributed by atoms with Gasteiger partial charge in [0.05, 0.1) is 40.3 Å². The Hall–Kier alpha value is -2.23. The molecule has 51 heavy (non-hydrogen) atoms. The summed E-state index contributed by atoms with van der Waals surface area (Å²) in [5.74, 6) is -2.31. The number of quaternary nitrogens is 1. The minimum atomic E-state index is -1.61. The maximum atomic E-state index is 12.6. The molecule has 0 aromatic carbocycles. The monoisotopic (exact) mass is 724 g/mol. The Morgan fingerprint density at radius 2 is 1.06 bits per heavy atom. The molecule has 0 rings (SSSR count). The van der Waals surface area contributed by atoms with E-state index >= 15 is 0 Å². The third kappa shape index (κ3) is 35.9. The van der Waals surface area contributed by atoms with Crippen LogP contribution >= 0.6 is 0 Å². The van der Waals surface area contributed by atoms with Crippen LogP contribution in [0.1, 0.15) is 168 Å². The molecule has 0 amide bonds. The Kier molecular flexibility index (Phi) is 33.3. The lowest BCUT2D eigenvalue weighted by Crippen LogP contribution is -2.44. The summed E-state index contributed by atoms with van der Waals surface area (Å²) in [6, 6.07) is 0. The van der Waals surface area contributed by atoms with Crippen molar-refractivity contribution in [3.63, 3.8) is 0 Å². The fourth-order valence-electron chi connectivity index (χ4n) is 5.45. The van der Waals surface area contributed by atoms with Crippen LogP contribution in [0.5, 0.6) is 0 Å². The van der Waals surface area contributed by atoms with E-state index in [-0.39, 0.29) is 38.6 Å². The van der Waals surface area contributed by atoms with Gasteiger partial charge in [0.15, 0.2) is 12.4 Å². The van der Waals surface area contributed by atoms with Gasteiger partial charge in [-0.05, 0) is 44.9 Å². The smallest absolute Gasteiger partial charge is 0.306 e. The summed E-state index contributed by atoms with van der Waals surface area (Å²) in [6.07, 6.45) is 32.5. The maximum Gasteiger partial charge on any atom is 0.306 e. The molecule has 298 valence electrons. The second-order valence-corrected chi connectivity index (χ2v) is 14.9. The number of nitrogens with zero attached hydrogens (tertiary/aromatic N) is 1. The molecule has 0 N–H and O–H groups in total. The third-order valence-corrected chi connectivity index (χ3v) is 8.70. The number of esters is 2. The van der Waals surface area contributed by atoms with Gasteiger partial charge in [0.2, 0.25) is 0 Å². The highest BCUT2D eigenvalue weighted by Gasteiger charge is 2.21. The molecule has 0 spiro atoms. The number of hydrogen-bond donors (Lipinski definition) is 0. The molecule has 0 aliphatic rings. The number of hydrogen-bond acceptors (Lipinski definition) is 8. The lowest BCUT2D eigenvalue weighted by molar-refractivity contribution is -0.870. The highest BCUT2D eigenvalue weighted by atomic mass is 16.7. The van der Waals surface area contributed by atoms with Crippen LogP contribution in [-0.2, 0) is 33.3 Å². The summed E-state index contributed by atoms with van der Waals surface area (Å²) in [7, 11) is 5.89. The van der Waals surface area contributed by atoms with Crippen molar-refractivity contribution in [3.05, 3.63) is 24.3 Å². The van der Waals surface area contributed by atoms with Crippen LogP contribution in [0.15, 0.2) is 24.3 Å². The summed E-state index contributed by atoms with van der Waals surface area (Å²) in [5.41, 5.74) is 0. The number of carboxylic acid groups (broad SMARTS) is 1. The Balaban J connectivity index is 4.26. The summed E-state index contributed by atoms with van der Waals surface area (Å²) in [6.45, 7) is 4.62. The molecule has 0 saturated heterocycles. The SMILES string of the molecule is CCCCCCC/C=C\C/C=C\CCCCCCCCCCCC(=O)OC(COC(=O)CCCCCCC)COC(OCC[N+](C)(C)C)C(=O)[O-]. The summed E-state index contributed by atoms with van der Waals surface area (Å²) in [4.78, 5) is 36.5. The Morgan fingerprint density at radius 3 is 1.55 bits per heavy atom. The van der Waals surface area contributed by atoms with Gasteiger partial charge < -0.3 is 33.3 Å². The third-order valence-electron chi connectivity index (χ3n) is 8.70. The predicted octanol–water partition coefficient (Wildman–Crippen LogP) is 8.77. The van der Waals surface area contributed by atoms with Crippen molar-refractivity contribution in [2.75, 3.05) is 47.5 Å². The van der Waals surface area contributed by atoms with E-state index in [4.69, 9.17) is 18.9 Å². The van der Waals surface area contributed by atoms with Crippen molar-refractivity contribution in [3.8, 4) is 0 Å². The fraction of sp³-hybridized carbons (Fsp3) is 0.833. The van der Waals surface area contributed by atoms with Gasteiger partial charge in [0.25, 0.3) is 0 Å². The van der Waals surface area contributed by atoms with Crippen molar-refractivity contribution in [1.82, 2.24) is 0 Å². The Morgan fingerprint density at radius 1 is 0.588 bits per heavy atom. The zero-order valence-corrected chi connectivity index (χ0v) is 33.5.